The zero-order valence-corrected chi connectivity index (χ0v) is 11.1. The van der Waals surface area contributed by atoms with E-state index in [9.17, 15) is 4.79 Å². The molecule has 0 aromatic carbocycles. The molecule has 17 heavy (non-hydrogen) atoms. The lowest BCUT2D eigenvalue weighted by molar-refractivity contribution is 0.0952. The molecule has 1 aromatic heterocycles. The Morgan fingerprint density at radius 1 is 1.35 bits per heavy atom. The van der Waals surface area contributed by atoms with Gasteiger partial charge in [0.2, 0.25) is 0 Å². The third-order valence-corrected chi connectivity index (χ3v) is 2.83. The SMILES string of the molecule is CCCCCCNC(=O)c1cn(CC)nc1C. The number of nitrogens with one attached hydrogen (secondary N) is 1. The Morgan fingerprint density at radius 3 is 2.71 bits per heavy atom. The van der Waals surface area contributed by atoms with Crippen LogP contribution in [0.3, 0.4) is 0 Å². The molecule has 0 aliphatic rings. The number of aryl methyl sites for hydroxylation is 2. The van der Waals surface area contributed by atoms with E-state index in [1.54, 1.807) is 4.68 Å². The summed E-state index contributed by atoms with van der Waals surface area (Å²) in [7, 11) is 0. The minimum absolute atomic E-state index is 0.00121. The molecule has 0 bridgehead atoms. The van der Waals surface area contributed by atoms with Gasteiger partial charge in [-0.3, -0.25) is 9.48 Å². The smallest absolute Gasteiger partial charge is 0.254 e. The van der Waals surface area contributed by atoms with Gasteiger partial charge in [0.25, 0.3) is 5.91 Å². The summed E-state index contributed by atoms with van der Waals surface area (Å²) in [6, 6.07) is 0. The molecule has 4 heteroatoms. The second-order valence-corrected chi connectivity index (χ2v) is 4.30. The summed E-state index contributed by atoms with van der Waals surface area (Å²) in [5.74, 6) is -0.00121. The van der Waals surface area contributed by atoms with Crippen LogP contribution < -0.4 is 5.32 Å². The lowest BCUT2D eigenvalue weighted by atomic mass is 10.2. The normalized spacial score (nSPS) is 10.5. The Kier molecular flexibility index (Phi) is 5.73. The molecular formula is C13H23N3O. The van der Waals surface area contributed by atoms with Gasteiger partial charge in [0.05, 0.1) is 11.3 Å². The van der Waals surface area contributed by atoms with Crippen molar-refractivity contribution in [3.05, 3.63) is 17.5 Å². The van der Waals surface area contributed by atoms with Crippen molar-refractivity contribution in [2.45, 2.75) is 53.0 Å². The molecule has 0 fully saturated rings. The number of amides is 1. The maximum absolute atomic E-state index is 11.9. The van der Waals surface area contributed by atoms with E-state index in [2.05, 4.69) is 17.3 Å². The lowest BCUT2D eigenvalue weighted by Gasteiger charge is -2.03. The number of carbonyl (C=O) groups excluding carboxylic acids is 1. The molecule has 0 unspecified atom stereocenters. The van der Waals surface area contributed by atoms with Crippen LogP contribution in [0.1, 0.15) is 55.6 Å². The van der Waals surface area contributed by atoms with Gasteiger partial charge in [-0.25, -0.2) is 0 Å². The van der Waals surface area contributed by atoms with Crippen LogP contribution in [0.4, 0.5) is 0 Å². The first-order valence-corrected chi connectivity index (χ1v) is 6.51. The van der Waals surface area contributed by atoms with Gasteiger partial charge < -0.3 is 5.32 Å². The molecule has 0 aliphatic carbocycles. The zero-order chi connectivity index (χ0) is 12.7. The minimum atomic E-state index is -0.00121. The van der Waals surface area contributed by atoms with E-state index >= 15 is 0 Å². The quantitative estimate of drug-likeness (QED) is 0.741. The van der Waals surface area contributed by atoms with E-state index in [4.69, 9.17) is 0 Å². The first kappa shape index (κ1) is 13.7. The van der Waals surface area contributed by atoms with E-state index in [0.717, 1.165) is 25.2 Å². The van der Waals surface area contributed by atoms with Crippen molar-refractivity contribution >= 4 is 5.91 Å². The van der Waals surface area contributed by atoms with Crippen LogP contribution in [-0.4, -0.2) is 22.2 Å². The summed E-state index contributed by atoms with van der Waals surface area (Å²) in [6.45, 7) is 7.62. The van der Waals surface area contributed by atoms with E-state index in [-0.39, 0.29) is 5.91 Å². The largest absolute Gasteiger partial charge is 0.352 e. The molecule has 1 rings (SSSR count). The van der Waals surface area contributed by atoms with Gasteiger partial charge in [-0.15, -0.1) is 0 Å². The van der Waals surface area contributed by atoms with Crippen LogP contribution in [0, 0.1) is 6.92 Å². The molecule has 1 amide bonds. The van der Waals surface area contributed by atoms with Crippen molar-refractivity contribution in [3.63, 3.8) is 0 Å². The summed E-state index contributed by atoms with van der Waals surface area (Å²) in [5, 5.41) is 7.21. The summed E-state index contributed by atoms with van der Waals surface area (Å²) in [4.78, 5) is 11.9. The third-order valence-electron chi connectivity index (χ3n) is 2.83. The summed E-state index contributed by atoms with van der Waals surface area (Å²) >= 11 is 0. The van der Waals surface area contributed by atoms with Crippen molar-refractivity contribution in [2.24, 2.45) is 0 Å². The molecule has 1 N–H and O–H groups in total. The van der Waals surface area contributed by atoms with Gasteiger partial charge in [-0.1, -0.05) is 26.2 Å². The van der Waals surface area contributed by atoms with E-state index in [0.29, 0.717) is 5.56 Å². The Hall–Kier alpha value is -1.32. The Morgan fingerprint density at radius 2 is 2.12 bits per heavy atom. The van der Waals surface area contributed by atoms with Gasteiger partial charge in [0.15, 0.2) is 0 Å². The lowest BCUT2D eigenvalue weighted by Crippen LogP contribution is -2.24. The number of rotatable bonds is 7. The second kappa shape index (κ2) is 7.09. The summed E-state index contributed by atoms with van der Waals surface area (Å²) < 4.78 is 1.79. The fourth-order valence-corrected chi connectivity index (χ4v) is 1.75. The fraction of sp³-hybridized carbons (Fsp3) is 0.692. The molecule has 96 valence electrons. The highest BCUT2D eigenvalue weighted by atomic mass is 16.1. The topological polar surface area (TPSA) is 46.9 Å². The van der Waals surface area contributed by atoms with Crippen LogP contribution in [0.25, 0.3) is 0 Å². The Labute approximate surface area is 103 Å². The third kappa shape index (κ3) is 4.21. The van der Waals surface area contributed by atoms with Gasteiger partial charge >= 0.3 is 0 Å². The predicted molar refractivity (Wildman–Crippen MR) is 69.1 cm³/mol. The van der Waals surface area contributed by atoms with Crippen LogP contribution in [0.5, 0.6) is 0 Å². The van der Waals surface area contributed by atoms with Gasteiger partial charge in [-0.2, -0.15) is 5.10 Å². The highest BCUT2D eigenvalue weighted by Gasteiger charge is 2.11. The van der Waals surface area contributed by atoms with Gasteiger partial charge in [0, 0.05) is 19.3 Å². The van der Waals surface area contributed by atoms with Crippen molar-refractivity contribution in [2.75, 3.05) is 6.54 Å². The maximum Gasteiger partial charge on any atom is 0.254 e. The number of aromatic nitrogens is 2. The Balaban J connectivity index is 2.38. The van der Waals surface area contributed by atoms with Crippen molar-refractivity contribution in [1.82, 2.24) is 15.1 Å². The van der Waals surface area contributed by atoms with Gasteiger partial charge in [0.1, 0.15) is 0 Å². The average molecular weight is 237 g/mol. The minimum Gasteiger partial charge on any atom is -0.352 e. The van der Waals surface area contributed by atoms with Crippen LogP contribution in [0.15, 0.2) is 6.20 Å². The van der Waals surface area contributed by atoms with Crippen LogP contribution in [-0.2, 0) is 6.54 Å². The molecule has 0 saturated heterocycles. The second-order valence-electron chi connectivity index (χ2n) is 4.30. The number of unbranched alkanes of at least 4 members (excludes halogenated alkanes) is 3. The first-order valence-electron chi connectivity index (χ1n) is 6.51. The number of hydrogen-bond acceptors (Lipinski definition) is 2. The Bertz CT molecular complexity index is 358. The average Bonchev–Trinajstić information content (AvgIpc) is 2.70. The predicted octanol–water partition coefficient (Wildman–Crippen LogP) is 2.52. The molecule has 0 saturated carbocycles. The van der Waals surface area contributed by atoms with E-state index in [1.807, 2.05) is 20.0 Å². The number of hydrogen-bond donors (Lipinski definition) is 1. The highest BCUT2D eigenvalue weighted by molar-refractivity contribution is 5.94. The molecule has 1 heterocycles. The van der Waals surface area contributed by atoms with E-state index in [1.165, 1.54) is 19.3 Å². The van der Waals surface area contributed by atoms with Crippen molar-refractivity contribution in [3.8, 4) is 0 Å². The standard InChI is InChI=1S/C13H23N3O/c1-4-6-7-8-9-14-13(17)12-10-16(5-2)15-11(12)3/h10H,4-9H2,1-3H3,(H,14,17). The van der Waals surface area contributed by atoms with Crippen LogP contribution >= 0.6 is 0 Å². The molecule has 1 aromatic rings. The monoisotopic (exact) mass is 237 g/mol. The number of nitrogens with zero attached hydrogens (tertiary/aromatic N) is 2. The molecule has 0 radical (unpaired) electrons. The molecule has 4 nitrogen and oxygen atoms in total. The van der Waals surface area contributed by atoms with Gasteiger partial charge in [-0.05, 0) is 20.3 Å². The van der Waals surface area contributed by atoms with Crippen molar-refractivity contribution < 1.29 is 4.79 Å². The molecule has 0 spiro atoms. The highest BCUT2D eigenvalue weighted by Crippen LogP contribution is 2.05. The maximum atomic E-state index is 11.9. The molecule has 0 aliphatic heterocycles. The van der Waals surface area contributed by atoms with Crippen LogP contribution in [0.2, 0.25) is 0 Å². The summed E-state index contributed by atoms with van der Waals surface area (Å²) in [6.07, 6.45) is 6.51. The summed E-state index contributed by atoms with van der Waals surface area (Å²) in [5.41, 5.74) is 1.50. The zero-order valence-electron chi connectivity index (χ0n) is 11.1. The van der Waals surface area contributed by atoms with Crippen molar-refractivity contribution in [1.29, 1.82) is 0 Å². The first-order chi connectivity index (χ1) is 8.19. The van der Waals surface area contributed by atoms with E-state index < -0.39 is 0 Å². The molecular weight excluding hydrogens is 214 g/mol. The fourth-order valence-electron chi connectivity index (χ4n) is 1.75. The molecule has 0 atom stereocenters. The number of carbonyl (C=O) groups is 1.